The molecule has 0 spiro atoms. The fourth-order valence-electron chi connectivity index (χ4n) is 4.96. The summed E-state index contributed by atoms with van der Waals surface area (Å²) in [7, 11) is 0. The molecule has 28 heavy (non-hydrogen) atoms. The Morgan fingerprint density at radius 2 is 1.68 bits per heavy atom. The van der Waals surface area contributed by atoms with Crippen molar-refractivity contribution in [2.24, 2.45) is 11.3 Å². The standard InChI is InChI=1S/C20H25F2N3O2.ClH/c21-15-5-3-6-16(22)17(15)18(26)24-8-10-25(11-9-24)19(27)20-7-2-1-4-14(20)12-23-13-20;/h3,5-6,14,23H,1-2,4,7-13H2;1H/t14-,20+;/m0./s1. The van der Waals surface area contributed by atoms with Crippen LogP contribution in [0.25, 0.3) is 0 Å². The van der Waals surface area contributed by atoms with Crippen molar-refractivity contribution in [3.63, 3.8) is 0 Å². The molecule has 1 aromatic carbocycles. The molecule has 1 aromatic rings. The number of hydrogen-bond acceptors (Lipinski definition) is 3. The summed E-state index contributed by atoms with van der Waals surface area (Å²) in [6.07, 6.45) is 4.26. The van der Waals surface area contributed by atoms with Crippen LogP contribution in [-0.2, 0) is 4.79 Å². The Morgan fingerprint density at radius 1 is 1.04 bits per heavy atom. The first kappa shape index (κ1) is 21.0. The lowest BCUT2D eigenvalue weighted by atomic mass is 9.67. The van der Waals surface area contributed by atoms with Gasteiger partial charge < -0.3 is 15.1 Å². The molecule has 1 aliphatic carbocycles. The number of fused-ring (bicyclic) bond motifs is 1. The Balaban J connectivity index is 0.00000225. The molecule has 1 N–H and O–H groups in total. The van der Waals surface area contributed by atoms with Crippen molar-refractivity contribution in [2.45, 2.75) is 25.7 Å². The van der Waals surface area contributed by atoms with Crippen molar-refractivity contribution >= 4 is 24.2 Å². The summed E-state index contributed by atoms with van der Waals surface area (Å²) in [6, 6.07) is 3.42. The van der Waals surface area contributed by atoms with Crippen LogP contribution in [-0.4, -0.2) is 60.9 Å². The molecule has 154 valence electrons. The summed E-state index contributed by atoms with van der Waals surface area (Å²) < 4.78 is 27.8. The van der Waals surface area contributed by atoms with Crippen LogP contribution in [0.4, 0.5) is 8.78 Å². The van der Waals surface area contributed by atoms with Crippen molar-refractivity contribution in [1.82, 2.24) is 15.1 Å². The van der Waals surface area contributed by atoms with Crippen molar-refractivity contribution in [2.75, 3.05) is 39.3 Å². The second-order valence-electron chi connectivity index (χ2n) is 7.91. The van der Waals surface area contributed by atoms with Crippen LogP contribution in [0.15, 0.2) is 18.2 Å². The summed E-state index contributed by atoms with van der Waals surface area (Å²) in [4.78, 5) is 29.1. The molecule has 1 saturated carbocycles. The highest BCUT2D eigenvalue weighted by Gasteiger charge is 2.51. The van der Waals surface area contributed by atoms with Crippen LogP contribution in [0, 0.1) is 23.0 Å². The van der Waals surface area contributed by atoms with Crippen LogP contribution < -0.4 is 5.32 Å². The van der Waals surface area contributed by atoms with Gasteiger partial charge in [0.2, 0.25) is 5.91 Å². The Morgan fingerprint density at radius 3 is 2.36 bits per heavy atom. The van der Waals surface area contributed by atoms with Gasteiger partial charge in [-0.25, -0.2) is 8.78 Å². The molecule has 8 heteroatoms. The van der Waals surface area contributed by atoms with E-state index >= 15 is 0 Å². The first-order chi connectivity index (χ1) is 13.0. The number of rotatable bonds is 2. The summed E-state index contributed by atoms with van der Waals surface area (Å²) in [5.74, 6) is -1.76. The molecule has 2 atom stereocenters. The average molecular weight is 414 g/mol. The minimum absolute atomic E-state index is 0. The highest BCUT2D eigenvalue weighted by atomic mass is 35.5. The number of nitrogens with zero attached hydrogens (tertiary/aromatic N) is 2. The number of halogens is 3. The Bertz CT molecular complexity index is 735. The van der Waals surface area contributed by atoms with Crippen LogP contribution >= 0.6 is 12.4 Å². The monoisotopic (exact) mass is 413 g/mol. The van der Waals surface area contributed by atoms with E-state index < -0.39 is 23.1 Å². The largest absolute Gasteiger partial charge is 0.339 e. The highest BCUT2D eigenvalue weighted by Crippen LogP contribution is 2.45. The number of piperazine rings is 1. The molecule has 3 fully saturated rings. The summed E-state index contributed by atoms with van der Waals surface area (Å²) in [6.45, 7) is 3.05. The summed E-state index contributed by atoms with van der Waals surface area (Å²) >= 11 is 0. The lowest BCUT2D eigenvalue weighted by Gasteiger charge is -2.43. The van der Waals surface area contributed by atoms with E-state index in [1.165, 1.54) is 17.4 Å². The predicted octanol–water partition coefficient (Wildman–Crippen LogP) is 2.45. The van der Waals surface area contributed by atoms with Crippen molar-refractivity contribution in [3.05, 3.63) is 35.4 Å². The molecule has 3 aliphatic rings. The van der Waals surface area contributed by atoms with E-state index in [9.17, 15) is 18.4 Å². The fraction of sp³-hybridized carbons (Fsp3) is 0.600. The lowest BCUT2D eigenvalue weighted by Crippen LogP contribution is -2.56. The Kier molecular flexibility index (Phi) is 6.25. The second-order valence-corrected chi connectivity index (χ2v) is 7.91. The predicted molar refractivity (Wildman–Crippen MR) is 103 cm³/mol. The van der Waals surface area contributed by atoms with Crippen molar-refractivity contribution < 1.29 is 18.4 Å². The zero-order valence-corrected chi connectivity index (χ0v) is 16.6. The molecule has 0 radical (unpaired) electrons. The summed E-state index contributed by atoms with van der Waals surface area (Å²) in [5, 5.41) is 3.39. The SMILES string of the molecule is Cl.O=C(c1c(F)cccc1F)N1CCN(C(=O)[C@@]23CCCC[C@H]2CNC3)CC1. The minimum Gasteiger partial charge on any atom is -0.339 e. The van der Waals surface area contributed by atoms with E-state index in [4.69, 9.17) is 0 Å². The van der Waals surface area contributed by atoms with Gasteiger partial charge in [-0.3, -0.25) is 9.59 Å². The average Bonchev–Trinajstić information content (AvgIpc) is 3.12. The molecule has 2 aliphatic heterocycles. The van der Waals surface area contributed by atoms with Gasteiger partial charge in [0.25, 0.3) is 5.91 Å². The normalized spacial score (nSPS) is 27.1. The van der Waals surface area contributed by atoms with E-state index in [1.54, 1.807) is 0 Å². The fourth-order valence-corrected chi connectivity index (χ4v) is 4.96. The van der Waals surface area contributed by atoms with Gasteiger partial charge in [0.15, 0.2) is 0 Å². The van der Waals surface area contributed by atoms with Gasteiger partial charge in [0.1, 0.15) is 17.2 Å². The quantitative estimate of drug-likeness (QED) is 0.810. The first-order valence-electron chi connectivity index (χ1n) is 9.76. The van der Waals surface area contributed by atoms with Gasteiger partial charge in [-0.05, 0) is 37.4 Å². The number of hydrogen-bond donors (Lipinski definition) is 1. The zero-order chi connectivity index (χ0) is 19.0. The summed E-state index contributed by atoms with van der Waals surface area (Å²) in [5.41, 5.74) is -0.814. The number of nitrogens with one attached hydrogen (secondary N) is 1. The number of carbonyl (C=O) groups excluding carboxylic acids is 2. The van der Waals surface area contributed by atoms with Crippen molar-refractivity contribution in [3.8, 4) is 0 Å². The maximum atomic E-state index is 13.9. The van der Waals surface area contributed by atoms with Crippen LogP contribution in [0.1, 0.15) is 36.0 Å². The molecule has 0 aromatic heterocycles. The lowest BCUT2D eigenvalue weighted by molar-refractivity contribution is -0.147. The molecule has 2 saturated heterocycles. The molecular formula is C20H26ClF2N3O2. The van der Waals surface area contributed by atoms with Gasteiger partial charge in [0, 0.05) is 32.7 Å². The third-order valence-corrected chi connectivity index (χ3v) is 6.49. The van der Waals surface area contributed by atoms with Crippen molar-refractivity contribution in [1.29, 1.82) is 0 Å². The molecule has 4 rings (SSSR count). The number of carbonyl (C=O) groups is 2. The number of benzene rings is 1. The highest BCUT2D eigenvalue weighted by molar-refractivity contribution is 5.95. The first-order valence-corrected chi connectivity index (χ1v) is 9.76. The van der Waals surface area contributed by atoms with E-state index in [0.717, 1.165) is 44.5 Å². The Labute approximate surface area is 169 Å². The van der Waals surface area contributed by atoms with Gasteiger partial charge in [-0.2, -0.15) is 0 Å². The topological polar surface area (TPSA) is 52.7 Å². The smallest absolute Gasteiger partial charge is 0.259 e. The maximum absolute atomic E-state index is 13.9. The molecule has 2 heterocycles. The maximum Gasteiger partial charge on any atom is 0.259 e. The number of amides is 2. The molecule has 0 bridgehead atoms. The van der Waals surface area contributed by atoms with Crippen LogP contribution in [0.5, 0.6) is 0 Å². The third-order valence-electron chi connectivity index (χ3n) is 6.49. The van der Waals surface area contributed by atoms with Gasteiger partial charge in [0.05, 0.1) is 5.41 Å². The molecule has 0 unspecified atom stereocenters. The van der Waals surface area contributed by atoms with Crippen LogP contribution in [0.3, 0.4) is 0 Å². The van der Waals surface area contributed by atoms with Gasteiger partial charge >= 0.3 is 0 Å². The van der Waals surface area contributed by atoms with Crippen LogP contribution in [0.2, 0.25) is 0 Å². The Hall–Kier alpha value is -1.73. The zero-order valence-electron chi connectivity index (χ0n) is 15.8. The molecule has 5 nitrogen and oxygen atoms in total. The second kappa shape index (κ2) is 8.33. The van der Waals surface area contributed by atoms with E-state index in [2.05, 4.69) is 5.32 Å². The van der Waals surface area contributed by atoms with Gasteiger partial charge in [-0.1, -0.05) is 18.9 Å². The molecule has 2 amide bonds. The molecular weight excluding hydrogens is 388 g/mol. The minimum atomic E-state index is -0.848. The third kappa shape index (κ3) is 3.50. The van der Waals surface area contributed by atoms with E-state index in [-0.39, 0.29) is 23.7 Å². The van der Waals surface area contributed by atoms with E-state index in [1.807, 2.05) is 4.90 Å². The van der Waals surface area contributed by atoms with Gasteiger partial charge in [-0.15, -0.1) is 12.4 Å². The van der Waals surface area contributed by atoms with E-state index in [0.29, 0.717) is 32.1 Å².